The predicted octanol–water partition coefficient (Wildman–Crippen LogP) is 6.29. The van der Waals surface area contributed by atoms with Gasteiger partial charge < -0.3 is 19.4 Å². The molecule has 10 heteroatoms. The van der Waals surface area contributed by atoms with Gasteiger partial charge in [-0.2, -0.15) is 0 Å². The number of rotatable bonds is 9. The lowest BCUT2D eigenvalue weighted by Gasteiger charge is -2.12. The van der Waals surface area contributed by atoms with E-state index >= 15 is 0 Å². The van der Waals surface area contributed by atoms with Gasteiger partial charge in [0, 0.05) is 39.7 Å². The Morgan fingerprint density at radius 3 is 2.33 bits per heavy atom. The van der Waals surface area contributed by atoms with Gasteiger partial charge in [0.05, 0.1) is 17.0 Å². The summed E-state index contributed by atoms with van der Waals surface area (Å²) in [5.74, 6) is 0.426. The van der Waals surface area contributed by atoms with Crippen LogP contribution in [0.4, 0.5) is 11.4 Å². The molecule has 0 spiro atoms. The van der Waals surface area contributed by atoms with E-state index in [1.54, 1.807) is 24.3 Å². The SMILES string of the molecule is CCn1c2ccccc2c2cc(NC(=O)COc3ccc(S(=O)(=O)Nc4ccc(OC)cc4)cc3Cl)ccc21. The van der Waals surface area contributed by atoms with Crippen molar-refractivity contribution in [1.82, 2.24) is 4.57 Å². The van der Waals surface area contributed by atoms with Crippen LogP contribution in [0.25, 0.3) is 21.8 Å². The summed E-state index contributed by atoms with van der Waals surface area (Å²) in [4.78, 5) is 12.6. The third kappa shape index (κ3) is 5.50. The maximum absolute atomic E-state index is 12.8. The molecular formula is C29H26ClN3O5S. The quantitative estimate of drug-likeness (QED) is 0.219. The van der Waals surface area contributed by atoms with Crippen LogP contribution in [0.1, 0.15) is 6.92 Å². The number of halogens is 1. The van der Waals surface area contributed by atoms with Crippen LogP contribution in [0.2, 0.25) is 5.02 Å². The lowest BCUT2D eigenvalue weighted by atomic mass is 10.1. The smallest absolute Gasteiger partial charge is 0.262 e. The Morgan fingerprint density at radius 1 is 0.897 bits per heavy atom. The molecule has 4 aromatic carbocycles. The zero-order valence-corrected chi connectivity index (χ0v) is 22.8. The molecule has 0 bridgehead atoms. The molecule has 8 nitrogen and oxygen atoms in total. The second-order valence-corrected chi connectivity index (χ2v) is 10.8. The molecule has 0 aliphatic heterocycles. The van der Waals surface area contributed by atoms with Gasteiger partial charge in [-0.1, -0.05) is 29.8 Å². The van der Waals surface area contributed by atoms with Gasteiger partial charge in [0.1, 0.15) is 11.5 Å². The predicted molar refractivity (Wildman–Crippen MR) is 154 cm³/mol. The highest BCUT2D eigenvalue weighted by molar-refractivity contribution is 7.92. The van der Waals surface area contributed by atoms with Crippen molar-refractivity contribution in [2.24, 2.45) is 0 Å². The first-order valence-electron chi connectivity index (χ1n) is 12.2. The van der Waals surface area contributed by atoms with Crippen molar-refractivity contribution in [2.75, 3.05) is 23.8 Å². The maximum Gasteiger partial charge on any atom is 0.262 e. The molecule has 39 heavy (non-hydrogen) atoms. The molecule has 0 fully saturated rings. The first-order chi connectivity index (χ1) is 18.8. The van der Waals surface area contributed by atoms with Crippen molar-refractivity contribution in [1.29, 1.82) is 0 Å². The average molecular weight is 564 g/mol. The zero-order chi connectivity index (χ0) is 27.6. The topological polar surface area (TPSA) is 98.7 Å². The molecule has 1 amide bonds. The number of nitrogens with zero attached hydrogens (tertiary/aromatic N) is 1. The number of benzene rings is 4. The minimum Gasteiger partial charge on any atom is -0.497 e. The highest BCUT2D eigenvalue weighted by Gasteiger charge is 2.17. The summed E-state index contributed by atoms with van der Waals surface area (Å²) in [7, 11) is -2.36. The van der Waals surface area contributed by atoms with E-state index in [4.69, 9.17) is 21.1 Å². The van der Waals surface area contributed by atoms with Crippen molar-refractivity contribution in [3.05, 3.63) is 90.0 Å². The van der Waals surface area contributed by atoms with Crippen molar-refractivity contribution in [2.45, 2.75) is 18.4 Å². The number of hydrogen-bond acceptors (Lipinski definition) is 5. The summed E-state index contributed by atoms with van der Waals surface area (Å²) in [6.07, 6.45) is 0. The molecule has 0 aliphatic carbocycles. The van der Waals surface area contributed by atoms with Gasteiger partial charge in [-0.3, -0.25) is 9.52 Å². The molecular weight excluding hydrogens is 538 g/mol. The summed E-state index contributed by atoms with van der Waals surface area (Å²) >= 11 is 6.29. The van der Waals surface area contributed by atoms with E-state index in [1.165, 1.54) is 25.3 Å². The van der Waals surface area contributed by atoms with Crippen LogP contribution < -0.4 is 19.5 Å². The number of hydrogen-bond donors (Lipinski definition) is 2. The lowest BCUT2D eigenvalue weighted by Crippen LogP contribution is -2.20. The van der Waals surface area contributed by atoms with Crippen LogP contribution in [0, 0.1) is 0 Å². The average Bonchev–Trinajstić information content (AvgIpc) is 3.25. The second kappa shape index (κ2) is 10.9. The fraction of sp³-hybridized carbons (Fsp3) is 0.138. The molecule has 1 heterocycles. The van der Waals surface area contributed by atoms with E-state index in [-0.39, 0.29) is 28.2 Å². The number of methoxy groups -OCH3 is 1. The molecule has 0 saturated heterocycles. The first kappa shape index (κ1) is 26.4. The molecule has 1 aromatic heterocycles. The normalized spacial score (nSPS) is 11.5. The van der Waals surface area contributed by atoms with E-state index < -0.39 is 10.0 Å². The van der Waals surface area contributed by atoms with Gasteiger partial charge in [-0.15, -0.1) is 0 Å². The van der Waals surface area contributed by atoms with Gasteiger partial charge in [-0.05, 0) is 73.7 Å². The number of amides is 1. The largest absolute Gasteiger partial charge is 0.497 e. The first-order valence-corrected chi connectivity index (χ1v) is 14.0. The Kier molecular flexibility index (Phi) is 7.36. The number of ether oxygens (including phenoxy) is 2. The third-order valence-electron chi connectivity index (χ3n) is 6.29. The molecule has 0 unspecified atom stereocenters. The van der Waals surface area contributed by atoms with E-state index in [0.717, 1.165) is 28.4 Å². The van der Waals surface area contributed by atoms with Crippen molar-refractivity contribution in [3.8, 4) is 11.5 Å². The van der Waals surface area contributed by atoms with Gasteiger partial charge in [0.25, 0.3) is 15.9 Å². The minimum absolute atomic E-state index is 0.0420. The molecule has 200 valence electrons. The number of sulfonamides is 1. The third-order valence-corrected chi connectivity index (χ3v) is 7.96. The zero-order valence-electron chi connectivity index (χ0n) is 21.3. The number of para-hydroxylation sites is 1. The van der Waals surface area contributed by atoms with Gasteiger partial charge in [-0.25, -0.2) is 8.42 Å². The fourth-order valence-corrected chi connectivity index (χ4v) is 5.84. The minimum atomic E-state index is -3.89. The van der Waals surface area contributed by atoms with Gasteiger partial charge in [0.2, 0.25) is 0 Å². The van der Waals surface area contributed by atoms with Gasteiger partial charge in [0.15, 0.2) is 6.61 Å². The Hall–Kier alpha value is -4.21. The summed E-state index contributed by atoms with van der Waals surface area (Å²) < 4.78 is 40.9. The fourth-order valence-electron chi connectivity index (χ4n) is 4.45. The van der Waals surface area contributed by atoms with Crippen LogP contribution in [-0.4, -0.2) is 32.6 Å². The number of fused-ring (bicyclic) bond motifs is 3. The Labute approximate surface area is 231 Å². The van der Waals surface area contributed by atoms with Crippen molar-refractivity contribution < 1.29 is 22.7 Å². The number of aryl methyl sites for hydroxylation is 1. The molecule has 2 N–H and O–H groups in total. The second-order valence-electron chi connectivity index (χ2n) is 8.76. The highest BCUT2D eigenvalue weighted by atomic mass is 35.5. The number of aromatic nitrogens is 1. The van der Waals surface area contributed by atoms with E-state index in [9.17, 15) is 13.2 Å². The molecule has 0 saturated carbocycles. The van der Waals surface area contributed by atoms with Crippen LogP contribution in [0.3, 0.4) is 0 Å². The molecule has 5 rings (SSSR count). The van der Waals surface area contributed by atoms with Gasteiger partial charge >= 0.3 is 0 Å². The monoisotopic (exact) mass is 563 g/mol. The Balaban J connectivity index is 1.25. The maximum atomic E-state index is 12.8. The summed E-state index contributed by atoms with van der Waals surface area (Å²) in [5.41, 5.74) is 3.26. The van der Waals surface area contributed by atoms with Crippen molar-refractivity contribution in [3.63, 3.8) is 0 Å². The van der Waals surface area contributed by atoms with Crippen LogP contribution in [-0.2, 0) is 21.4 Å². The van der Waals surface area contributed by atoms with Crippen LogP contribution in [0.15, 0.2) is 89.8 Å². The molecule has 0 radical (unpaired) electrons. The lowest BCUT2D eigenvalue weighted by molar-refractivity contribution is -0.118. The van der Waals surface area contributed by atoms with Crippen molar-refractivity contribution >= 4 is 60.7 Å². The van der Waals surface area contributed by atoms with E-state index in [2.05, 4.69) is 33.7 Å². The summed E-state index contributed by atoms with van der Waals surface area (Å²) in [5, 5.41) is 5.09. The summed E-state index contributed by atoms with van der Waals surface area (Å²) in [6.45, 7) is 2.63. The molecule has 0 aliphatic rings. The highest BCUT2D eigenvalue weighted by Crippen LogP contribution is 2.31. The van der Waals surface area contributed by atoms with E-state index in [0.29, 0.717) is 17.1 Å². The standard InChI is InChI=1S/C29H26ClN3O5S/c1-3-33-26-7-5-4-6-23(26)24-16-20(10-14-27(24)33)31-29(34)18-38-28-15-13-22(17-25(28)30)39(35,36)32-19-8-11-21(37-2)12-9-19/h4-17,32H,3,18H2,1-2H3,(H,31,34). The Morgan fingerprint density at radius 2 is 1.62 bits per heavy atom. The van der Waals surface area contributed by atoms with E-state index in [1.807, 2.05) is 30.3 Å². The Bertz CT molecular complexity index is 1780. The molecule has 0 atom stereocenters. The number of carbonyl (C=O) groups is 1. The summed E-state index contributed by atoms with van der Waals surface area (Å²) in [6, 6.07) is 24.5. The molecule has 5 aromatic rings. The van der Waals surface area contributed by atoms with Crippen LogP contribution in [0.5, 0.6) is 11.5 Å². The number of nitrogens with one attached hydrogen (secondary N) is 2. The number of carbonyl (C=O) groups excluding carboxylic acids is 1. The van der Waals surface area contributed by atoms with Crippen LogP contribution >= 0.6 is 11.6 Å². The number of anilines is 2.